The Bertz CT molecular complexity index is 879. The lowest BCUT2D eigenvalue weighted by molar-refractivity contribution is -0.122. The molecule has 148 valence electrons. The van der Waals surface area contributed by atoms with Crippen LogP contribution in [-0.4, -0.2) is 19.2 Å². The Labute approximate surface area is 183 Å². The molecule has 2 aromatic carbocycles. The van der Waals surface area contributed by atoms with Crippen LogP contribution in [0.4, 0.5) is 0 Å². The Morgan fingerprint density at radius 2 is 1.79 bits per heavy atom. The lowest BCUT2D eigenvalue weighted by Gasteiger charge is -2.19. The summed E-state index contributed by atoms with van der Waals surface area (Å²) in [5.41, 5.74) is 6.18. The third-order valence-electron chi connectivity index (χ3n) is 4.95. The van der Waals surface area contributed by atoms with Crippen LogP contribution < -0.4 is 10.2 Å². The topological polar surface area (TPSA) is 50.7 Å². The van der Waals surface area contributed by atoms with E-state index in [0.29, 0.717) is 0 Å². The van der Waals surface area contributed by atoms with Crippen LogP contribution in [0.1, 0.15) is 49.8 Å². The Balaban J connectivity index is 1.57. The van der Waals surface area contributed by atoms with Gasteiger partial charge in [0, 0.05) is 5.92 Å². The zero-order valence-electron chi connectivity index (χ0n) is 16.4. The quantitative estimate of drug-likeness (QED) is 0.412. The second-order valence-electron chi connectivity index (χ2n) is 8.07. The molecule has 0 aromatic heterocycles. The average molecular weight is 508 g/mol. The Hall–Kier alpha value is -1.66. The molecule has 1 saturated carbocycles. The first-order valence-electron chi connectivity index (χ1n) is 9.17. The molecule has 4 nitrogen and oxygen atoms in total. The third kappa shape index (κ3) is 4.84. The zero-order chi connectivity index (χ0) is 20.5. The van der Waals surface area contributed by atoms with Crippen LogP contribution in [0.5, 0.6) is 5.75 Å². The smallest absolute Gasteiger partial charge is 0.243 e. The van der Waals surface area contributed by atoms with Crippen molar-refractivity contribution >= 4 is 44.0 Å². The number of benzene rings is 2. The van der Waals surface area contributed by atoms with E-state index in [1.165, 1.54) is 11.1 Å². The molecule has 3 rings (SSSR count). The minimum atomic E-state index is -0.0345. The molecule has 6 heteroatoms. The number of hydrazone groups is 1. The van der Waals surface area contributed by atoms with Gasteiger partial charge in [0.2, 0.25) is 5.91 Å². The first kappa shape index (κ1) is 21.1. The number of amides is 1. The molecular weight excluding hydrogens is 484 g/mol. The number of hydrogen-bond acceptors (Lipinski definition) is 3. The number of hydrogen-bond donors (Lipinski definition) is 1. The van der Waals surface area contributed by atoms with Crippen molar-refractivity contribution in [1.29, 1.82) is 0 Å². The van der Waals surface area contributed by atoms with Crippen molar-refractivity contribution < 1.29 is 9.53 Å². The van der Waals surface area contributed by atoms with E-state index in [0.717, 1.165) is 26.7 Å². The molecule has 1 fully saturated rings. The monoisotopic (exact) mass is 506 g/mol. The number of rotatable bonds is 5. The Kier molecular flexibility index (Phi) is 6.30. The average Bonchev–Trinajstić information content (AvgIpc) is 3.42. The number of halogens is 2. The summed E-state index contributed by atoms with van der Waals surface area (Å²) in [6, 6.07) is 12.4. The molecule has 0 unspecified atom stereocenters. The van der Waals surface area contributed by atoms with E-state index in [2.05, 4.69) is 87.4 Å². The van der Waals surface area contributed by atoms with Crippen LogP contribution in [0.25, 0.3) is 0 Å². The van der Waals surface area contributed by atoms with Crippen molar-refractivity contribution in [2.45, 2.75) is 38.5 Å². The fraction of sp³-hybridized carbons (Fsp3) is 0.364. The van der Waals surface area contributed by atoms with Crippen molar-refractivity contribution in [3.63, 3.8) is 0 Å². The number of nitrogens with zero attached hydrogens (tertiary/aromatic N) is 1. The van der Waals surface area contributed by atoms with Crippen molar-refractivity contribution in [1.82, 2.24) is 5.43 Å². The summed E-state index contributed by atoms with van der Waals surface area (Å²) < 4.78 is 6.92. The summed E-state index contributed by atoms with van der Waals surface area (Å²) in [6.45, 7) is 6.61. The second-order valence-corrected chi connectivity index (χ2v) is 9.78. The Morgan fingerprint density at radius 1 is 1.18 bits per heavy atom. The molecule has 0 spiro atoms. The zero-order valence-corrected chi connectivity index (χ0v) is 19.6. The van der Waals surface area contributed by atoms with Gasteiger partial charge in [-0.05, 0) is 78.4 Å². The molecule has 1 amide bonds. The standard InChI is InChI=1S/C22H24Br2N2O2/c1-22(2,3)15-7-5-14(6-8-15)16-11-17(16)21(27)26-25-12-13-9-18(23)20(28-4)19(24)10-13/h5-10,12,16-17H,11H2,1-4H3,(H,26,27)/t16-,17-/m0/s1. The molecular formula is C22H24Br2N2O2. The third-order valence-corrected chi connectivity index (χ3v) is 6.12. The molecule has 0 bridgehead atoms. The predicted octanol–water partition coefficient (Wildman–Crippen LogP) is 5.77. The van der Waals surface area contributed by atoms with Gasteiger partial charge in [-0.2, -0.15) is 5.10 Å². The van der Waals surface area contributed by atoms with Gasteiger partial charge in [-0.3, -0.25) is 4.79 Å². The highest BCUT2D eigenvalue weighted by Gasteiger charge is 2.44. The maximum atomic E-state index is 12.4. The lowest BCUT2D eigenvalue weighted by atomic mass is 9.86. The minimum Gasteiger partial charge on any atom is -0.494 e. The number of ether oxygens (including phenoxy) is 1. The van der Waals surface area contributed by atoms with Crippen molar-refractivity contribution in [2.24, 2.45) is 11.0 Å². The highest BCUT2D eigenvalue weighted by Crippen LogP contribution is 2.47. The highest BCUT2D eigenvalue weighted by atomic mass is 79.9. The van der Waals surface area contributed by atoms with E-state index in [1.54, 1.807) is 13.3 Å². The van der Waals surface area contributed by atoms with Gasteiger partial charge in [0.05, 0.1) is 22.3 Å². The van der Waals surface area contributed by atoms with Crippen LogP contribution >= 0.6 is 31.9 Å². The first-order chi connectivity index (χ1) is 13.2. The van der Waals surface area contributed by atoms with Gasteiger partial charge in [-0.25, -0.2) is 5.43 Å². The van der Waals surface area contributed by atoms with E-state index in [-0.39, 0.29) is 23.2 Å². The van der Waals surface area contributed by atoms with Crippen LogP contribution in [-0.2, 0) is 10.2 Å². The molecule has 2 aromatic rings. The minimum absolute atomic E-state index is 0.00743. The van der Waals surface area contributed by atoms with Gasteiger partial charge >= 0.3 is 0 Å². The summed E-state index contributed by atoms with van der Waals surface area (Å²) in [5, 5.41) is 4.11. The van der Waals surface area contributed by atoms with E-state index in [1.807, 2.05) is 12.1 Å². The molecule has 0 aliphatic heterocycles. The van der Waals surface area contributed by atoms with Crippen molar-refractivity contribution in [3.05, 3.63) is 62.0 Å². The summed E-state index contributed by atoms with van der Waals surface area (Å²) in [7, 11) is 1.61. The van der Waals surface area contributed by atoms with Crippen LogP contribution in [0.2, 0.25) is 0 Å². The lowest BCUT2D eigenvalue weighted by Crippen LogP contribution is -2.20. The maximum Gasteiger partial charge on any atom is 0.243 e. The number of methoxy groups -OCH3 is 1. The SMILES string of the molecule is COc1c(Br)cc(C=NNC(=O)[C@H]2C[C@H]2c2ccc(C(C)(C)C)cc2)cc1Br. The van der Waals surface area contributed by atoms with Crippen molar-refractivity contribution in [3.8, 4) is 5.75 Å². The highest BCUT2D eigenvalue weighted by molar-refractivity contribution is 9.11. The second kappa shape index (κ2) is 8.37. The molecule has 0 heterocycles. The molecule has 0 radical (unpaired) electrons. The number of carbonyl (C=O) groups is 1. The molecule has 0 saturated heterocycles. The molecule has 1 N–H and O–H groups in total. The first-order valence-corrected chi connectivity index (χ1v) is 10.8. The van der Waals surface area contributed by atoms with Gasteiger partial charge in [-0.15, -0.1) is 0 Å². The van der Waals surface area contributed by atoms with Gasteiger partial charge in [0.25, 0.3) is 0 Å². The van der Waals surface area contributed by atoms with E-state index in [9.17, 15) is 4.79 Å². The molecule has 28 heavy (non-hydrogen) atoms. The van der Waals surface area contributed by atoms with Crippen LogP contribution in [0.3, 0.4) is 0 Å². The summed E-state index contributed by atoms with van der Waals surface area (Å²) in [4.78, 5) is 12.4. The normalized spacial score (nSPS) is 18.9. The van der Waals surface area contributed by atoms with Gasteiger partial charge < -0.3 is 4.74 Å². The van der Waals surface area contributed by atoms with Gasteiger partial charge in [0.1, 0.15) is 5.75 Å². The molecule has 2 atom stereocenters. The van der Waals surface area contributed by atoms with E-state index >= 15 is 0 Å². The summed E-state index contributed by atoms with van der Waals surface area (Å²) >= 11 is 6.92. The largest absolute Gasteiger partial charge is 0.494 e. The van der Waals surface area contributed by atoms with Gasteiger partial charge in [0.15, 0.2) is 0 Å². The summed E-state index contributed by atoms with van der Waals surface area (Å²) in [6.07, 6.45) is 2.50. The van der Waals surface area contributed by atoms with Crippen molar-refractivity contribution in [2.75, 3.05) is 7.11 Å². The van der Waals surface area contributed by atoms with Crippen LogP contribution in [0.15, 0.2) is 50.4 Å². The van der Waals surface area contributed by atoms with E-state index in [4.69, 9.17) is 4.74 Å². The number of carbonyl (C=O) groups excluding carboxylic acids is 1. The number of nitrogens with one attached hydrogen (secondary N) is 1. The van der Waals surface area contributed by atoms with Gasteiger partial charge in [-0.1, -0.05) is 45.0 Å². The predicted molar refractivity (Wildman–Crippen MR) is 120 cm³/mol. The van der Waals surface area contributed by atoms with Crippen LogP contribution in [0, 0.1) is 5.92 Å². The van der Waals surface area contributed by atoms with E-state index < -0.39 is 0 Å². The molecule has 1 aliphatic rings. The maximum absolute atomic E-state index is 12.4. The Morgan fingerprint density at radius 3 is 2.32 bits per heavy atom. The summed E-state index contributed by atoms with van der Waals surface area (Å²) in [5.74, 6) is 0.966. The molecule has 1 aliphatic carbocycles. The fourth-order valence-corrected chi connectivity index (χ4v) is 4.73. The fourth-order valence-electron chi connectivity index (χ4n) is 3.19.